The van der Waals surface area contributed by atoms with E-state index in [1.165, 1.54) is 11.8 Å². The maximum Gasteiger partial charge on any atom is 0.389 e. The van der Waals surface area contributed by atoms with Crippen LogP contribution >= 0.6 is 11.8 Å². The van der Waals surface area contributed by atoms with Crippen molar-refractivity contribution in [2.24, 2.45) is 5.92 Å². The van der Waals surface area contributed by atoms with E-state index in [1.807, 2.05) is 0 Å². The van der Waals surface area contributed by atoms with E-state index in [2.05, 4.69) is 0 Å². The molecule has 0 aromatic heterocycles. The van der Waals surface area contributed by atoms with Gasteiger partial charge in [0.05, 0.1) is 17.9 Å². The summed E-state index contributed by atoms with van der Waals surface area (Å²) in [5, 5.41) is 0. The Morgan fingerprint density at radius 3 is 2.25 bits per heavy atom. The van der Waals surface area contributed by atoms with Gasteiger partial charge in [0.2, 0.25) is 0 Å². The molecule has 0 unspecified atom stereocenters. The second-order valence-corrected chi connectivity index (χ2v) is 7.49. The maximum atomic E-state index is 11.8. The highest BCUT2D eigenvalue weighted by Gasteiger charge is 2.27. The third-order valence-corrected chi connectivity index (χ3v) is 5.47. The van der Waals surface area contributed by atoms with E-state index in [4.69, 9.17) is 0 Å². The highest BCUT2D eigenvalue weighted by Crippen LogP contribution is 2.26. The Kier molecular flexibility index (Phi) is 4.97. The van der Waals surface area contributed by atoms with Crippen molar-refractivity contribution in [3.63, 3.8) is 0 Å². The van der Waals surface area contributed by atoms with Crippen LogP contribution in [0.5, 0.6) is 0 Å². The summed E-state index contributed by atoms with van der Waals surface area (Å²) in [5.74, 6) is 1.37. The summed E-state index contributed by atoms with van der Waals surface area (Å²) >= 11 is 1.27. The summed E-state index contributed by atoms with van der Waals surface area (Å²) in [6, 6.07) is 0. The molecule has 0 N–H and O–H groups in total. The molecular weight excluding hydrogens is 261 g/mol. The molecule has 0 radical (unpaired) electrons. The van der Waals surface area contributed by atoms with Crippen molar-refractivity contribution in [2.45, 2.75) is 25.4 Å². The van der Waals surface area contributed by atoms with Gasteiger partial charge in [0.25, 0.3) is 0 Å². The standard InChI is InChI=1S/C9H15F3O2S2/c10-9(11,12)3-4-15-7-8-1-5-16(13,14)6-2-8/h8H,1-7H2. The zero-order valence-electron chi connectivity index (χ0n) is 8.79. The minimum absolute atomic E-state index is 0.0761. The van der Waals surface area contributed by atoms with Crippen LogP contribution in [0.2, 0.25) is 0 Å². The Bertz CT molecular complexity index is 297. The van der Waals surface area contributed by atoms with Gasteiger partial charge in [-0.2, -0.15) is 24.9 Å². The van der Waals surface area contributed by atoms with Gasteiger partial charge in [0.15, 0.2) is 0 Å². The number of hydrogen-bond acceptors (Lipinski definition) is 3. The van der Waals surface area contributed by atoms with Crippen LogP contribution in [0, 0.1) is 5.92 Å². The van der Waals surface area contributed by atoms with Crippen molar-refractivity contribution in [1.82, 2.24) is 0 Å². The van der Waals surface area contributed by atoms with E-state index in [-0.39, 0.29) is 23.2 Å². The Balaban J connectivity index is 2.11. The fourth-order valence-electron chi connectivity index (χ4n) is 1.54. The lowest BCUT2D eigenvalue weighted by molar-refractivity contribution is -0.129. The third-order valence-electron chi connectivity index (χ3n) is 2.56. The van der Waals surface area contributed by atoms with E-state index >= 15 is 0 Å². The summed E-state index contributed by atoms with van der Waals surface area (Å²) in [7, 11) is -2.86. The van der Waals surface area contributed by atoms with E-state index in [9.17, 15) is 21.6 Å². The molecule has 2 nitrogen and oxygen atoms in total. The Hall–Kier alpha value is 0.0900. The summed E-state index contributed by atoms with van der Waals surface area (Å²) in [6.07, 6.45) is -3.64. The zero-order valence-corrected chi connectivity index (χ0v) is 10.4. The number of thioether (sulfide) groups is 1. The summed E-state index contributed by atoms with van der Waals surface area (Å²) in [6.45, 7) is 0. The molecule has 0 aliphatic carbocycles. The first-order valence-electron chi connectivity index (χ1n) is 5.13. The lowest BCUT2D eigenvalue weighted by Gasteiger charge is -2.21. The Labute approximate surface area is 97.9 Å². The summed E-state index contributed by atoms with van der Waals surface area (Å²) in [5.41, 5.74) is 0. The molecule has 1 heterocycles. The van der Waals surface area contributed by atoms with Crippen LogP contribution < -0.4 is 0 Å². The molecule has 1 saturated heterocycles. The lowest BCUT2D eigenvalue weighted by atomic mass is 10.1. The molecule has 16 heavy (non-hydrogen) atoms. The van der Waals surface area contributed by atoms with Crippen molar-refractivity contribution in [3.8, 4) is 0 Å². The molecule has 1 rings (SSSR count). The fourth-order valence-corrected chi connectivity index (χ4v) is 4.34. The van der Waals surface area contributed by atoms with Crippen molar-refractivity contribution in [2.75, 3.05) is 23.0 Å². The molecule has 0 aromatic carbocycles. The van der Waals surface area contributed by atoms with Gasteiger partial charge in [-0.1, -0.05) is 0 Å². The average molecular weight is 276 g/mol. The van der Waals surface area contributed by atoms with Crippen LogP contribution in [0.25, 0.3) is 0 Å². The summed E-state index contributed by atoms with van der Waals surface area (Å²) < 4.78 is 57.7. The van der Waals surface area contributed by atoms with Gasteiger partial charge in [-0.3, -0.25) is 0 Å². The number of alkyl halides is 3. The van der Waals surface area contributed by atoms with Crippen molar-refractivity contribution in [1.29, 1.82) is 0 Å². The van der Waals surface area contributed by atoms with Crippen LogP contribution in [-0.4, -0.2) is 37.6 Å². The van der Waals surface area contributed by atoms with Crippen LogP contribution in [0.15, 0.2) is 0 Å². The van der Waals surface area contributed by atoms with Crippen LogP contribution in [-0.2, 0) is 9.84 Å². The van der Waals surface area contributed by atoms with Gasteiger partial charge >= 0.3 is 6.18 Å². The van der Waals surface area contributed by atoms with Gasteiger partial charge in [-0.25, -0.2) is 8.42 Å². The number of sulfone groups is 1. The van der Waals surface area contributed by atoms with Crippen molar-refractivity contribution >= 4 is 21.6 Å². The molecule has 1 aliphatic rings. The second kappa shape index (κ2) is 5.62. The van der Waals surface area contributed by atoms with Gasteiger partial charge in [0.1, 0.15) is 9.84 Å². The maximum absolute atomic E-state index is 11.8. The smallest absolute Gasteiger partial charge is 0.229 e. The SMILES string of the molecule is O=S1(=O)CCC(CSCCC(F)(F)F)CC1. The topological polar surface area (TPSA) is 34.1 Å². The van der Waals surface area contributed by atoms with Crippen molar-refractivity contribution in [3.05, 3.63) is 0 Å². The normalized spacial score (nSPS) is 22.2. The molecular formula is C9H15F3O2S2. The first kappa shape index (κ1) is 14.2. The second-order valence-electron chi connectivity index (χ2n) is 4.04. The van der Waals surface area contributed by atoms with E-state index in [0.29, 0.717) is 18.6 Å². The fraction of sp³-hybridized carbons (Fsp3) is 1.00. The molecule has 7 heteroatoms. The predicted molar refractivity (Wildman–Crippen MR) is 59.4 cm³/mol. The first-order chi connectivity index (χ1) is 7.29. The Morgan fingerprint density at radius 1 is 1.19 bits per heavy atom. The van der Waals surface area contributed by atoms with Crippen LogP contribution in [0.3, 0.4) is 0 Å². The quantitative estimate of drug-likeness (QED) is 0.740. The molecule has 0 spiro atoms. The highest BCUT2D eigenvalue weighted by atomic mass is 32.2. The monoisotopic (exact) mass is 276 g/mol. The first-order valence-corrected chi connectivity index (χ1v) is 8.11. The van der Waals surface area contributed by atoms with E-state index in [1.54, 1.807) is 0 Å². The highest BCUT2D eigenvalue weighted by molar-refractivity contribution is 7.99. The minimum atomic E-state index is -4.08. The molecule has 0 atom stereocenters. The molecule has 0 saturated carbocycles. The summed E-state index contributed by atoms with van der Waals surface area (Å²) in [4.78, 5) is 0. The third kappa shape index (κ3) is 5.98. The van der Waals surface area contributed by atoms with Crippen molar-refractivity contribution < 1.29 is 21.6 Å². The number of hydrogen-bond donors (Lipinski definition) is 0. The number of halogens is 3. The van der Waals surface area contributed by atoms with E-state index in [0.717, 1.165) is 0 Å². The number of rotatable bonds is 4. The molecule has 1 fully saturated rings. The largest absolute Gasteiger partial charge is 0.389 e. The lowest BCUT2D eigenvalue weighted by Crippen LogP contribution is -2.24. The molecule has 96 valence electrons. The van der Waals surface area contributed by atoms with Gasteiger partial charge in [-0.05, 0) is 24.5 Å². The van der Waals surface area contributed by atoms with Crippen LogP contribution in [0.1, 0.15) is 19.3 Å². The predicted octanol–water partition coefficient (Wildman–Crippen LogP) is 2.50. The molecule has 0 aromatic rings. The zero-order chi connectivity index (χ0) is 12.2. The molecule has 1 aliphatic heterocycles. The minimum Gasteiger partial charge on any atom is -0.229 e. The molecule has 0 bridgehead atoms. The van der Waals surface area contributed by atoms with Gasteiger partial charge in [-0.15, -0.1) is 0 Å². The van der Waals surface area contributed by atoms with Crippen LogP contribution in [0.4, 0.5) is 13.2 Å². The molecule has 0 amide bonds. The van der Waals surface area contributed by atoms with E-state index < -0.39 is 22.4 Å². The average Bonchev–Trinajstić information content (AvgIpc) is 2.13. The van der Waals surface area contributed by atoms with Gasteiger partial charge < -0.3 is 0 Å². The Morgan fingerprint density at radius 2 is 1.75 bits per heavy atom. The van der Waals surface area contributed by atoms with Gasteiger partial charge in [0, 0.05) is 5.75 Å².